The fraction of sp³-hybridized carbons (Fsp3) is 0.652. The standard InChI is InChI=1S/C23H36O5/c1-5-6-7-8-9-10-11-12-13-26-20-14-19(17-24)15-21(16-20)27-18-22(25)28-23(2,3)4/h14-17H,5-13,18H2,1-4H3. The summed E-state index contributed by atoms with van der Waals surface area (Å²) in [6, 6.07) is 4.96. The summed E-state index contributed by atoms with van der Waals surface area (Å²) in [6.07, 6.45) is 10.6. The van der Waals surface area contributed by atoms with E-state index in [0.717, 1.165) is 19.1 Å². The molecule has 0 aromatic heterocycles. The van der Waals surface area contributed by atoms with E-state index >= 15 is 0 Å². The number of hydrogen-bond acceptors (Lipinski definition) is 5. The van der Waals surface area contributed by atoms with E-state index in [9.17, 15) is 9.59 Å². The van der Waals surface area contributed by atoms with Gasteiger partial charge in [-0.15, -0.1) is 0 Å². The van der Waals surface area contributed by atoms with Gasteiger partial charge in [0.05, 0.1) is 6.61 Å². The zero-order valence-corrected chi connectivity index (χ0v) is 17.9. The van der Waals surface area contributed by atoms with Crippen LogP contribution >= 0.6 is 0 Å². The molecule has 0 amide bonds. The normalized spacial score (nSPS) is 11.1. The molecule has 0 saturated carbocycles. The second-order valence-electron chi connectivity index (χ2n) is 8.05. The molecule has 0 N–H and O–H groups in total. The predicted molar refractivity (Wildman–Crippen MR) is 111 cm³/mol. The van der Waals surface area contributed by atoms with Gasteiger partial charge in [0.25, 0.3) is 0 Å². The van der Waals surface area contributed by atoms with Crippen LogP contribution in [0.4, 0.5) is 0 Å². The Morgan fingerprint density at radius 3 is 2.04 bits per heavy atom. The summed E-state index contributed by atoms with van der Waals surface area (Å²) < 4.78 is 16.5. The van der Waals surface area contributed by atoms with Crippen molar-refractivity contribution in [2.75, 3.05) is 13.2 Å². The van der Waals surface area contributed by atoms with Gasteiger partial charge < -0.3 is 14.2 Å². The zero-order chi connectivity index (χ0) is 20.8. The average Bonchev–Trinajstić information content (AvgIpc) is 2.63. The Kier molecular flexibility index (Phi) is 11.3. The van der Waals surface area contributed by atoms with E-state index in [1.165, 1.54) is 38.5 Å². The van der Waals surface area contributed by atoms with E-state index in [1.807, 2.05) is 0 Å². The average molecular weight is 393 g/mol. The molecule has 0 aliphatic carbocycles. The molecule has 0 bridgehead atoms. The molecule has 0 radical (unpaired) electrons. The number of carbonyl (C=O) groups excluding carboxylic acids is 2. The van der Waals surface area contributed by atoms with Gasteiger partial charge in [-0.25, -0.2) is 4.79 Å². The minimum atomic E-state index is -0.560. The van der Waals surface area contributed by atoms with E-state index < -0.39 is 11.6 Å². The van der Waals surface area contributed by atoms with E-state index in [-0.39, 0.29) is 6.61 Å². The molecule has 0 atom stereocenters. The molecule has 0 aliphatic heterocycles. The Bertz CT molecular complexity index is 589. The highest BCUT2D eigenvalue weighted by molar-refractivity contribution is 5.77. The number of esters is 1. The maximum Gasteiger partial charge on any atom is 0.344 e. The number of ether oxygens (including phenoxy) is 3. The van der Waals surface area contributed by atoms with Gasteiger partial charge in [-0.3, -0.25) is 4.79 Å². The SMILES string of the molecule is CCCCCCCCCCOc1cc(C=O)cc(OCC(=O)OC(C)(C)C)c1. The summed E-state index contributed by atoms with van der Waals surface area (Å²) in [5, 5.41) is 0. The molecule has 0 spiro atoms. The van der Waals surface area contributed by atoms with Crippen molar-refractivity contribution in [3.05, 3.63) is 23.8 Å². The Hall–Kier alpha value is -2.04. The molecule has 0 heterocycles. The lowest BCUT2D eigenvalue weighted by molar-refractivity contribution is -0.157. The van der Waals surface area contributed by atoms with Gasteiger partial charge in [-0.05, 0) is 39.3 Å². The molecule has 1 aromatic rings. The predicted octanol–water partition coefficient (Wildman–Crippen LogP) is 5.74. The van der Waals surface area contributed by atoms with Gasteiger partial charge in [0.2, 0.25) is 0 Å². The molecule has 5 heteroatoms. The quantitative estimate of drug-likeness (QED) is 0.229. The van der Waals surface area contributed by atoms with Gasteiger partial charge in [-0.1, -0.05) is 51.9 Å². The Morgan fingerprint density at radius 1 is 0.893 bits per heavy atom. The van der Waals surface area contributed by atoms with E-state index in [2.05, 4.69) is 6.92 Å². The monoisotopic (exact) mass is 392 g/mol. The smallest absolute Gasteiger partial charge is 0.344 e. The maximum atomic E-state index is 11.8. The second-order valence-corrected chi connectivity index (χ2v) is 8.05. The first-order valence-electron chi connectivity index (χ1n) is 10.4. The van der Waals surface area contributed by atoms with Crippen LogP contribution in [0.1, 0.15) is 89.4 Å². The first-order chi connectivity index (χ1) is 13.3. The van der Waals surface area contributed by atoms with Crippen LogP contribution in [0.15, 0.2) is 18.2 Å². The summed E-state index contributed by atoms with van der Waals surface area (Å²) in [5.41, 5.74) is -0.109. The van der Waals surface area contributed by atoms with Crippen molar-refractivity contribution in [3.8, 4) is 11.5 Å². The zero-order valence-electron chi connectivity index (χ0n) is 17.9. The lowest BCUT2D eigenvalue weighted by atomic mass is 10.1. The van der Waals surface area contributed by atoms with Crippen LogP contribution in [0, 0.1) is 0 Å². The van der Waals surface area contributed by atoms with E-state index in [4.69, 9.17) is 14.2 Å². The van der Waals surface area contributed by atoms with Crippen molar-refractivity contribution in [2.24, 2.45) is 0 Å². The minimum absolute atomic E-state index is 0.211. The molecule has 0 fully saturated rings. The fourth-order valence-corrected chi connectivity index (χ4v) is 2.77. The number of unbranched alkanes of at least 4 members (excludes halogenated alkanes) is 7. The highest BCUT2D eigenvalue weighted by atomic mass is 16.6. The van der Waals surface area contributed by atoms with Crippen LogP contribution in [0.5, 0.6) is 11.5 Å². The van der Waals surface area contributed by atoms with E-state index in [0.29, 0.717) is 23.7 Å². The highest BCUT2D eigenvalue weighted by Gasteiger charge is 2.16. The van der Waals surface area contributed by atoms with Crippen molar-refractivity contribution in [1.82, 2.24) is 0 Å². The minimum Gasteiger partial charge on any atom is -0.493 e. The highest BCUT2D eigenvalue weighted by Crippen LogP contribution is 2.23. The summed E-state index contributed by atoms with van der Waals surface area (Å²) in [4.78, 5) is 22.9. The van der Waals surface area contributed by atoms with Crippen LogP contribution in [0.3, 0.4) is 0 Å². The molecular weight excluding hydrogens is 356 g/mol. The van der Waals surface area contributed by atoms with Crippen LogP contribution in [-0.4, -0.2) is 31.1 Å². The summed E-state index contributed by atoms with van der Waals surface area (Å²) in [5.74, 6) is 0.540. The van der Waals surface area contributed by atoms with Gasteiger partial charge in [0.15, 0.2) is 6.61 Å². The van der Waals surface area contributed by atoms with Crippen LogP contribution < -0.4 is 9.47 Å². The first-order valence-corrected chi connectivity index (χ1v) is 10.4. The second kappa shape index (κ2) is 13.2. The largest absolute Gasteiger partial charge is 0.493 e. The maximum absolute atomic E-state index is 11.8. The third kappa shape index (κ3) is 11.6. The Morgan fingerprint density at radius 2 is 1.46 bits per heavy atom. The lowest BCUT2D eigenvalue weighted by Crippen LogP contribution is -2.27. The molecule has 0 aliphatic rings. The van der Waals surface area contributed by atoms with Gasteiger partial charge in [-0.2, -0.15) is 0 Å². The third-order valence-electron chi connectivity index (χ3n) is 4.08. The third-order valence-corrected chi connectivity index (χ3v) is 4.08. The van der Waals surface area contributed by atoms with Crippen LogP contribution in [-0.2, 0) is 9.53 Å². The van der Waals surface area contributed by atoms with Crippen molar-refractivity contribution in [2.45, 2.75) is 84.7 Å². The van der Waals surface area contributed by atoms with Crippen LogP contribution in [0.25, 0.3) is 0 Å². The molecule has 158 valence electrons. The summed E-state index contributed by atoms with van der Waals surface area (Å²) in [6.45, 7) is 8.02. The van der Waals surface area contributed by atoms with Gasteiger partial charge in [0, 0.05) is 11.6 Å². The summed E-state index contributed by atoms with van der Waals surface area (Å²) >= 11 is 0. The number of hydrogen-bond donors (Lipinski definition) is 0. The van der Waals surface area contributed by atoms with Gasteiger partial charge >= 0.3 is 5.97 Å². The van der Waals surface area contributed by atoms with Gasteiger partial charge in [0.1, 0.15) is 23.4 Å². The molecule has 5 nitrogen and oxygen atoms in total. The molecule has 1 rings (SSSR count). The molecule has 0 unspecified atom stereocenters. The molecule has 28 heavy (non-hydrogen) atoms. The van der Waals surface area contributed by atoms with Crippen LogP contribution in [0.2, 0.25) is 0 Å². The Balaban J connectivity index is 2.38. The van der Waals surface area contributed by atoms with Crippen molar-refractivity contribution >= 4 is 12.3 Å². The van der Waals surface area contributed by atoms with Crippen molar-refractivity contribution in [1.29, 1.82) is 0 Å². The van der Waals surface area contributed by atoms with E-state index in [1.54, 1.807) is 39.0 Å². The van der Waals surface area contributed by atoms with Crippen molar-refractivity contribution < 1.29 is 23.8 Å². The summed E-state index contributed by atoms with van der Waals surface area (Å²) in [7, 11) is 0. The Labute approximate surface area is 169 Å². The molecular formula is C23H36O5. The number of benzene rings is 1. The molecule has 1 aromatic carbocycles. The number of carbonyl (C=O) groups is 2. The lowest BCUT2D eigenvalue weighted by Gasteiger charge is -2.19. The molecule has 0 saturated heterocycles. The first kappa shape index (κ1) is 24.0. The fourth-order valence-electron chi connectivity index (χ4n) is 2.77. The van der Waals surface area contributed by atoms with Crippen molar-refractivity contribution in [3.63, 3.8) is 0 Å². The number of rotatable bonds is 14. The number of aldehydes is 1. The topological polar surface area (TPSA) is 61.8 Å².